The molecule has 0 fully saturated rings. The third-order valence-electron chi connectivity index (χ3n) is 2.66. The largest absolute Gasteiger partial charge is 0.385 e. The van der Waals surface area contributed by atoms with Crippen LogP contribution in [0.1, 0.15) is 31.9 Å². The summed E-state index contributed by atoms with van der Waals surface area (Å²) in [5.41, 5.74) is 0.715. The van der Waals surface area contributed by atoms with Crippen molar-refractivity contribution in [2.75, 3.05) is 13.7 Å². The van der Waals surface area contributed by atoms with E-state index in [4.69, 9.17) is 4.74 Å². The first kappa shape index (κ1) is 13.1. The maximum atomic E-state index is 13.5. The molecule has 0 saturated carbocycles. The summed E-state index contributed by atoms with van der Waals surface area (Å²) in [4.78, 5) is 0. The summed E-state index contributed by atoms with van der Waals surface area (Å²) in [6, 6.07) is 7.21. The maximum absolute atomic E-state index is 13.5. The van der Waals surface area contributed by atoms with Crippen LogP contribution in [-0.2, 0) is 4.74 Å². The minimum atomic E-state index is -0.151. The topological polar surface area (TPSA) is 21.3 Å². The van der Waals surface area contributed by atoms with E-state index in [-0.39, 0.29) is 11.9 Å². The highest BCUT2D eigenvalue weighted by molar-refractivity contribution is 5.20. The van der Waals surface area contributed by atoms with Crippen molar-refractivity contribution in [2.45, 2.75) is 32.4 Å². The predicted molar refractivity (Wildman–Crippen MR) is 63.9 cm³/mol. The van der Waals surface area contributed by atoms with Crippen molar-refractivity contribution in [3.63, 3.8) is 0 Å². The second-order valence-corrected chi connectivity index (χ2v) is 4.09. The number of hydrogen-bond acceptors (Lipinski definition) is 2. The van der Waals surface area contributed by atoms with E-state index in [1.54, 1.807) is 13.2 Å². The van der Waals surface area contributed by atoms with E-state index < -0.39 is 0 Å². The number of nitrogens with one attached hydrogen (secondary N) is 1. The summed E-state index contributed by atoms with van der Waals surface area (Å²) in [5, 5.41) is 3.35. The lowest BCUT2D eigenvalue weighted by atomic mass is 10.1. The summed E-state index contributed by atoms with van der Waals surface area (Å²) in [6.45, 7) is 4.77. The summed E-state index contributed by atoms with van der Waals surface area (Å²) < 4.78 is 18.5. The summed E-state index contributed by atoms with van der Waals surface area (Å²) >= 11 is 0. The second kappa shape index (κ2) is 6.61. The van der Waals surface area contributed by atoms with Gasteiger partial charge < -0.3 is 10.1 Å². The van der Waals surface area contributed by atoms with Crippen LogP contribution in [0.3, 0.4) is 0 Å². The second-order valence-electron chi connectivity index (χ2n) is 4.09. The van der Waals surface area contributed by atoms with Crippen molar-refractivity contribution in [3.8, 4) is 0 Å². The van der Waals surface area contributed by atoms with Gasteiger partial charge in [0, 0.05) is 31.4 Å². The van der Waals surface area contributed by atoms with E-state index in [1.807, 2.05) is 19.1 Å². The third-order valence-corrected chi connectivity index (χ3v) is 2.66. The molecule has 2 unspecified atom stereocenters. The molecule has 0 aliphatic rings. The lowest BCUT2D eigenvalue weighted by Gasteiger charge is -2.20. The summed E-state index contributed by atoms with van der Waals surface area (Å²) in [6.07, 6.45) is 0.926. The highest BCUT2D eigenvalue weighted by atomic mass is 19.1. The molecule has 0 heterocycles. The van der Waals surface area contributed by atoms with E-state index in [2.05, 4.69) is 12.2 Å². The minimum absolute atomic E-state index is 0.0213. The molecule has 0 saturated heterocycles. The van der Waals surface area contributed by atoms with Gasteiger partial charge in [0.05, 0.1) is 0 Å². The zero-order valence-corrected chi connectivity index (χ0v) is 10.2. The summed E-state index contributed by atoms with van der Waals surface area (Å²) in [7, 11) is 1.69. The monoisotopic (exact) mass is 225 g/mol. The Morgan fingerprint density at radius 1 is 1.31 bits per heavy atom. The van der Waals surface area contributed by atoms with Crippen LogP contribution in [0.5, 0.6) is 0 Å². The predicted octanol–water partition coefficient (Wildman–Crippen LogP) is 2.90. The molecule has 2 nitrogen and oxygen atoms in total. The quantitative estimate of drug-likeness (QED) is 0.803. The number of halogens is 1. The molecule has 0 spiro atoms. The average molecular weight is 225 g/mol. The Morgan fingerprint density at radius 3 is 2.62 bits per heavy atom. The van der Waals surface area contributed by atoms with Gasteiger partial charge in [0.2, 0.25) is 0 Å². The zero-order valence-electron chi connectivity index (χ0n) is 10.2. The van der Waals surface area contributed by atoms with Crippen LogP contribution in [0.25, 0.3) is 0 Å². The fourth-order valence-electron chi connectivity index (χ4n) is 1.72. The lowest BCUT2D eigenvalue weighted by molar-refractivity contribution is 0.183. The van der Waals surface area contributed by atoms with Crippen LogP contribution in [0.4, 0.5) is 4.39 Å². The molecule has 0 radical (unpaired) electrons. The lowest BCUT2D eigenvalue weighted by Crippen LogP contribution is -2.30. The molecule has 0 aliphatic heterocycles. The minimum Gasteiger partial charge on any atom is -0.385 e. The van der Waals surface area contributed by atoms with Gasteiger partial charge in [0.25, 0.3) is 0 Å². The number of benzene rings is 1. The molecule has 1 aromatic carbocycles. The molecule has 16 heavy (non-hydrogen) atoms. The van der Waals surface area contributed by atoms with Gasteiger partial charge in [-0.3, -0.25) is 0 Å². The van der Waals surface area contributed by atoms with Crippen molar-refractivity contribution in [2.24, 2.45) is 0 Å². The van der Waals surface area contributed by atoms with Gasteiger partial charge in [-0.05, 0) is 26.3 Å². The number of hydrogen-bond donors (Lipinski definition) is 1. The zero-order chi connectivity index (χ0) is 12.0. The Morgan fingerprint density at radius 2 is 2.00 bits per heavy atom. The van der Waals surface area contributed by atoms with Crippen molar-refractivity contribution >= 4 is 0 Å². The van der Waals surface area contributed by atoms with Crippen molar-refractivity contribution in [1.29, 1.82) is 0 Å². The van der Waals surface area contributed by atoms with Gasteiger partial charge in [-0.2, -0.15) is 0 Å². The molecular formula is C13H20FNO. The standard InChI is InChI=1S/C13H20FNO/c1-10(8-9-16-3)15-11(2)12-6-4-5-7-13(12)14/h4-7,10-11,15H,8-9H2,1-3H3. The SMILES string of the molecule is COCCC(C)NC(C)c1ccccc1F. The fraction of sp³-hybridized carbons (Fsp3) is 0.538. The summed E-state index contributed by atoms with van der Waals surface area (Å²) in [5.74, 6) is -0.151. The van der Waals surface area contributed by atoms with Gasteiger partial charge >= 0.3 is 0 Å². The van der Waals surface area contributed by atoms with Crippen LogP contribution in [0, 0.1) is 5.82 Å². The molecule has 90 valence electrons. The first-order chi connectivity index (χ1) is 7.65. The first-order valence-corrected chi connectivity index (χ1v) is 5.64. The third kappa shape index (κ3) is 3.91. The smallest absolute Gasteiger partial charge is 0.127 e. The van der Waals surface area contributed by atoms with Gasteiger partial charge in [0.1, 0.15) is 5.82 Å². The van der Waals surface area contributed by atoms with E-state index in [0.29, 0.717) is 11.6 Å². The Balaban J connectivity index is 2.52. The van der Waals surface area contributed by atoms with Crippen molar-refractivity contribution in [1.82, 2.24) is 5.32 Å². The van der Waals surface area contributed by atoms with E-state index in [0.717, 1.165) is 13.0 Å². The van der Waals surface area contributed by atoms with Crippen molar-refractivity contribution < 1.29 is 9.13 Å². The first-order valence-electron chi connectivity index (χ1n) is 5.64. The Hall–Kier alpha value is -0.930. The molecule has 0 amide bonds. The molecule has 0 bridgehead atoms. The van der Waals surface area contributed by atoms with E-state index in [1.165, 1.54) is 6.07 Å². The fourth-order valence-corrected chi connectivity index (χ4v) is 1.72. The number of methoxy groups -OCH3 is 1. The molecule has 1 rings (SSSR count). The Kier molecular flexibility index (Phi) is 5.43. The van der Waals surface area contributed by atoms with Crippen LogP contribution in [0.2, 0.25) is 0 Å². The van der Waals surface area contributed by atoms with Gasteiger partial charge in [-0.1, -0.05) is 18.2 Å². The van der Waals surface area contributed by atoms with E-state index >= 15 is 0 Å². The van der Waals surface area contributed by atoms with Gasteiger partial charge in [-0.25, -0.2) is 4.39 Å². The van der Waals surface area contributed by atoms with Gasteiger partial charge in [0.15, 0.2) is 0 Å². The average Bonchev–Trinajstić information content (AvgIpc) is 2.26. The van der Waals surface area contributed by atoms with Crippen LogP contribution >= 0.6 is 0 Å². The molecule has 1 N–H and O–H groups in total. The Labute approximate surface area is 96.8 Å². The molecule has 3 heteroatoms. The normalized spacial score (nSPS) is 14.8. The molecular weight excluding hydrogens is 205 g/mol. The number of rotatable bonds is 6. The Bertz CT molecular complexity index is 317. The maximum Gasteiger partial charge on any atom is 0.127 e. The molecule has 1 aromatic rings. The highest BCUT2D eigenvalue weighted by Gasteiger charge is 2.12. The molecule has 2 atom stereocenters. The van der Waals surface area contributed by atoms with Gasteiger partial charge in [-0.15, -0.1) is 0 Å². The highest BCUT2D eigenvalue weighted by Crippen LogP contribution is 2.16. The van der Waals surface area contributed by atoms with E-state index in [9.17, 15) is 4.39 Å². The van der Waals surface area contributed by atoms with Crippen LogP contribution in [-0.4, -0.2) is 19.8 Å². The molecule has 0 aliphatic carbocycles. The van der Waals surface area contributed by atoms with Crippen LogP contribution in [0.15, 0.2) is 24.3 Å². The molecule has 0 aromatic heterocycles. The number of ether oxygens (including phenoxy) is 1. The van der Waals surface area contributed by atoms with Crippen LogP contribution < -0.4 is 5.32 Å². The van der Waals surface area contributed by atoms with Crippen molar-refractivity contribution in [3.05, 3.63) is 35.6 Å².